The molecule has 5 nitrogen and oxygen atoms in total. The second-order valence-corrected chi connectivity index (χ2v) is 14.7. The molecule has 1 aliphatic heterocycles. The monoisotopic (exact) mass is 482 g/mol. The van der Waals surface area contributed by atoms with Gasteiger partial charge in [0.25, 0.3) is 13.9 Å². The van der Waals surface area contributed by atoms with Crippen molar-refractivity contribution >= 4 is 30.5 Å². The van der Waals surface area contributed by atoms with E-state index < -0.39 is 30.8 Å². The van der Waals surface area contributed by atoms with Gasteiger partial charge in [0.15, 0.2) is 0 Å². The predicted molar refractivity (Wildman–Crippen MR) is 135 cm³/mol. The molecule has 0 saturated carbocycles. The molecular weight excluding hydrogens is 455 g/mol. The Balaban J connectivity index is 1.66. The van der Waals surface area contributed by atoms with Gasteiger partial charge in [-0.15, -0.1) is 11.8 Å². The molecule has 0 radical (unpaired) electrons. The normalized spacial score (nSPS) is 18.8. The maximum Gasteiger partial charge on any atom is 0.329 e. The second-order valence-electron chi connectivity index (χ2n) is 9.07. The zero-order valence-electron chi connectivity index (χ0n) is 18.8. The molecule has 0 spiro atoms. The fourth-order valence-electron chi connectivity index (χ4n) is 4.40. The van der Waals surface area contributed by atoms with Crippen molar-refractivity contribution in [2.45, 2.75) is 36.4 Å². The Morgan fingerprint density at radius 2 is 1.58 bits per heavy atom. The first-order chi connectivity index (χ1) is 15.7. The van der Waals surface area contributed by atoms with E-state index in [1.807, 2.05) is 36.4 Å². The Morgan fingerprint density at radius 1 is 1.00 bits per heavy atom. The van der Waals surface area contributed by atoms with E-state index in [4.69, 9.17) is 4.43 Å². The molecule has 0 aliphatic carbocycles. The Morgan fingerprint density at radius 3 is 2.09 bits per heavy atom. The number of benzene rings is 2. The maximum atomic E-state index is 14.8. The van der Waals surface area contributed by atoms with Gasteiger partial charge in [0, 0.05) is 12.3 Å². The van der Waals surface area contributed by atoms with Gasteiger partial charge in [-0.3, -0.25) is 14.3 Å². The lowest BCUT2D eigenvalue weighted by atomic mass is 10.2. The summed E-state index contributed by atoms with van der Waals surface area (Å²) in [5.74, 6) is -0.412. The van der Waals surface area contributed by atoms with Crippen LogP contribution in [0.1, 0.15) is 26.1 Å². The van der Waals surface area contributed by atoms with Gasteiger partial charge in [-0.05, 0) is 21.5 Å². The summed E-state index contributed by atoms with van der Waals surface area (Å²) in [6.45, 7) is 6.89. The first-order valence-corrected chi connectivity index (χ1v) is 13.7. The summed E-state index contributed by atoms with van der Waals surface area (Å²) in [5, 5.41) is 1.04. The molecule has 8 heteroatoms. The lowest BCUT2D eigenvalue weighted by Gasteiger charge is -2.43. The van der Waals surface area contributed by atoms with E-state index in [1.165, 1.54) is 34.7 Å². The minimum atomic E-state index is -2.74. The van der Waals surface area contributed by atoms with Gasteiger partial charge in [0.2, 0.25) is 0 Å². The Hall–Kier alpha value is -2.68. The molecule has 1 aromatic heterocycles. The summed E-state index contributed by atoms with van der Waals surface area (Å²) in [6, 6.07) is 21.8. The van der Waals surface area contributed by atoms with E-state index in [-0.39, 0.29) is 10.3 Å². The van der Waals surface area contributed by atoms with E-state index in [1.54, 1.807) is 0 Å². The summed E-state index contributed by atoms with van der Waals surface area (Å²) >= 11 is 1.30. The first-order valence-electron chi connectivity index (χ1n) is 10.8. The molecule has 0 fully saturated rings. The maximum absolute atomic E-state index is 14.8. The van der Waals surface area contributed by atoms with Crippen molar-refractivity contribution < 1.29 is 8.82 Å². The number of hydrogen-bond acceptors (Lipinski definition) is 4. The average molecular weight is 483 g/mol. The zero-order valence-corrected chi connectivity index (χ0v) is 20.6. The molecule has 1 N–H and O–H groups in total. The molecule has 3 aromatic rings. The van der Waals surface area contributed by atoms with E-state index >= 15 is 0 Å². The lowest BCUT2D eigenvalue weighted by Crippen LogP contribution is -2.67. The van der Waals surface area contributed by atoms with Crippen molar-refractivity contribution in [3.8, 4) is 0 Å². The average Bonchev–Trinajstić information content (AvgIpc) is 3.15. The number of nitrogens with one attached hydrogen (secondary N) is 1. The lowest BCUT2D eigenvalue weighted by molar-refractivity contribution is 0.308. The number of hydrogen-bond donors (Lipinski definition) is 1. The van der Waals surface area contributed by atoms with Gasteiger partial charge in [-0.2, -0.15) is 0 Å². The van der Waals surface area contributed by atoms with Gasteiger partial charge in [-0.25, -0.2) is 9.18 Å². The molecule has 1 aliphatic rings. The van der Waals surface area contributed by atoms with Crippen LogP contribution in [0.25, 0.3) is 0 Å². The van der Waals surface area contributed by atoms with Crippen LogP contribution in [0.3, 0.4) is 0 Å². The molecular formula is C25H27FN2O3SSi. The number of thioether (sulfide) groups is 1. The molecule has 0 bridgehead atoms. The summed E-state index contributed by atoms with van der Waals surface area (Å²) in [6.07, 6.45) is 2.85. The van der Waals surface area contributed by atoms with Crippen molar-refractivity contribution in [2.75, 3.05) is 6.61 Å². The third kappa shape index (κ3) is 4.55. The van der Waals surface area contributed by atoms with Crippen molar-refractivity contribution in [3.63, 3.8) is 0 Å². The fraction of sp³-hybridized carbons (Fsp3) is 0.280. The minimum Gasteiger partial charge on any atom is -0.406 e. The molecule has 0 unspecified atom stereocenters. The number of nitrogens with zero attached hydrogens (tertiary/aromatic N) is 1. The quantitative estimate of drug-likeness (QED) is 0.546. The van der Waals surface area contributed by atoms with Crippen molar-refractivity contribution in [1.82, 2.24) is 9.55 Å². The Bertz CT molecular complexity index is 1210. The SMILES string of the molecule is CC(C)(C)[Si](OC[C@@H]1C=C(F)[C@H](n2ccc(=O)[nH]c2=O)S1)(c1ccccc1)c1ccccc1. The highest BCUT2D eigenvalue weighted by molar-refractivity contribution is 8.00. The molecule has 2 heterocycles. The van der Waals surface area contributed by atoms with Gasteiger partial charge in [-0.1, -0.05) is 81.4 Å². The summed E-state index contributed by atoms with van der Waals surface area (Å²) < 4.78 is 23.0. The number of rotatable bonds is 6. The molecule has 4 rings (SSSR count). The number of halogens is 1. The highest BCUT2D eigenvalue weighted by Crippen LogP contribution is 2.43. The van der Waals surface area contributed by atoms with E-state index in [9.17, 15) is 14.0 Å². The van der Waals surface area contributed by atoms with Crippen LogP contribution >= 0.6 is 11.8 Å². The summed E-state index contributed by atoms with van der Waals surface area (Å²) in [5.41, 5.74) is -1.13. The highest BCUT2D eigenvalue weighted by atomic mass is 32.2. The second kappa shape index (κ2) is 9.28. The topological polar surface area (TPSA) is 64.1 Å². The van der Waals surface area contributed by atoms with Crippen LogP contribution in [0.2, 0.25) is 5.04 Å². The predicted octanol–water partition coefficient (Wildman–Crippen LogP) is 3.58. The van der Waals surface area contributed by atoms with Crippen LogP contribution in [0.15, 0.2) is 94.4 Å². The van der Waals surface area contributed by atoms with Gasteiger partial charge in [0.1, 0.15) is 11.2 Å². The van der Waals surface area contributed by atoms with Gasteiger partial charge in [0.05, 0.1) is 11.9 Å². The molecule has 33 heavy (non-hydrogen) atoms. The van der Waals surface area contributed by atoms with Crippen molar-refractivity contribution in [2.24, 2.45) is 0 Å². The number of aromatic amines is 1. The third-order valence-electron chi connectivity index (χ3n) is 5.87. The van der Waals surface area contributed by atoms with Crippen LogP contribution in [-0.2, 0) is 4.43 Å². The molecule has 2 aromatic carbocycles. The largest absolute Gasteiger partial charge is 0.406 e. The molecule has 0 saturated heterocycles. The van der Waals surface area contributed by atoms with Crippen LogP contribution in [-0.4, -0.2) is 29.7 Å². The standard InChI is InChI=1S/C25H27FN2O3SSi/c1-25(2,3)33(19-10-6-4-7-11-19,20-12-8-5-9-13-20)31-17-18-16-21(26)23(32-18)28-15-14-22(29)27-24(28)30/h4-16,18,23H,17H2,1-3H3,(H,27,29,30)/t18-,23+/m0/s1. The van der Waals surface area contributed by atoms with Crippen molar-refractivity contribution in [3.05, 3.63) is 106 Å². The zero-order chi connectivity index (χ0) is 23.6. The minimum absolute atomic E-state index is 0.184. The third-order valence-corrected chi connectivity index (χ3v) is 12.2. The van der Waals surface area contributed by atoms with E-state index in [0.29, 0.717) is 6.61 Å². The molecule has 0 amide bonds. The summed E-state index contributed by atoms with van der Waals surface area (Å²) in [7, 11) is -2.74. The van der Waals surface area contributed by atoms with E-state index in [0.717, 1.165) is 10.4 Å². The summed E-state index contributed by atoms with van der Waals surface area (Å²) in [4.78, 5) is 25.7. The Kier molecular flexibility index (Phi) is 6.60. The van der Waals surface area contributed by atoms with E-state index in [2.05, 4.69) is 50.0 Å². The van der Waals surface area contributed by atoms with Crippen LogP contribution in [0, 0.1) is 0 Å². The highest BCUT2D eigenvalue weighted by Gasteiger charge is 2.50. The molecule has 2 atom stereocenters. The van der Waals surface area contributed by atoms with Crippen LogP contribution in [0.4, 0.5) is 4.39 Å². The number of aromatic nitrogens is 2. The van der Waals surface area contributed by atoms with Gasteiger partial charge >= 0.3 is 5.69 Å². The smallest absolute Gasteiger partial charge is 0.329 e. The van der Waals surface area contributed by atoms with Crippen LogP contribution < -0.4 is 21.6 Å². The first kappa shape index (κ1) is 23.5. The fourth-order valence-corrected chi connectivity index (χ4v) is 10.3. The Labute approximate surface area is 197 Å². The van der Waals surface area contributed by atoms with Crippen molar-refractivity contribution in [1.29, 1.82) is 0 Å². The molecule has 172 valence electrons. The van der Waals surface area contributed by atoms with Gasteiger partial charge < -0.3 is 4.43 Å². The number of H-pyrrole nitrogens is 1. The van der Waals surface area contributed by atoms with Crippen LogP contribution in [0.5, 0.6) is 0 Å².